The van der Waals surface area contributed by atoms with Crippen LogP contribution in [0.25, 0.3) is 16.5 Å². The Morgan fingerprint density at radius 3 is 2.71 bits per heavy atom. The topological polar surface area (TPSA) is 107 Å². The first-order valence-electron chi connectivity index (χ1n) is 12.4. The molecule has 1 fully saturated rings. The van der Waals surface area contributed by atoms with E-state index in [-0.39, 0.29) is 16.9 Å². The number of nitrogens with zero attached hydrogens (tertiary/aromatic N) is 4. The lowest BCUT2D eigenvalue weighted by atomic mass is 10.0. The van der Waals surface area contributed by atoms with Gasteiger partial charge in [0.1, 0.15) is 5.56 Å². The lowest BCUT2D eigenvalue weighted by Gasteiger charge is -2.21. The number of fused-ring (bicyclic) bond motifs is 1. The van der Waals surface area contributed by atoms with Gasteiger partial charge in [-0.2, -0.15) is 5.10 Å². The maximum atomic E-state index is 14.0. The number of benzene rings is 2. The lowest BCUT2D eigenvalue weighted by molar-refractivity contribution is 0.0940. The number of pyridine rings is 1. The van der Waals surface area contributed by atoms with Gasteiger partial charge in [-0.3, -0.25) is 14.2 Å². The summed E-state index contributed by atoms with van der Waals surface area (Å²) < 4.78 is 3.08. The van der Waals surface area contributed by atoms with E-state index in [1.54, 1.807) is 11.6 Å². The van der Waals surface area contributed by atoms with Gasteiger partial charge in [0.25, 0.3) is 11.5 Å². The largest absolute Gasteiger partial charge is 0.381 e. The molecular formula is C30H28N6O2. The zero-order valence-corrected chi connectivity index (χ0v) is 21.3. The third-order valence-corrected chi connectivity index (χ3v) is 6.44. The van der Waals surface area contributed by atoms with Crippen molar-refractivity contribution < 1.29 is 4.79 Å². The molecule has 1 aliphatic rings. The summed E-state index contributed by atoms with van der Waals surface area (Å²) in [5.74, 6) is 6.83. The Balaban J connectivity index is 1.62. The molecule has 0 bridgehead atoms. The van der Waals surface area contributed by atoms with Crippen molar-refractivity contribution in [1.29, 1.82) is 0 Å². The van der Waals surface area contributed by atoms with E-state index in [2.05, 4.69) is 33.8 Å². The summed E-state index contributed by atoms with van der Waals surface area (Å²) in [5, 5.41) is 8.46. The van der Waals surface area contributed by atoms with Crippen LogP contribution in [0.4, 0.5) is 11.6 Å². The van der Waals surface area contributed by atoms with E-state index in [1.807, 2.05) is 61.5 Å². The number of carbonyl (C=O) groups is 1. The normalized spacial score (nSPS) is 13.7. The molecule has 190 valence electrons. The van der Waals surface area contributed by atoms with Gasteiger partial charge in [-0.05, 0) is 49.4 Å². The molecule has 0 radical (unpaired) electrons. The number of rotatable bonds is 6. The minimum Gasteiger partial charge on any atom is -0.381 e. The summed E-state index contributed by atoms with van der Waals surface area (Å²) in [7, 11) is 1.66. The maximum Gasteiger partial charge on any atom is 0.264 e. The molecule has 5 rings (SSSR count). The first-order chi connectivity index (χ1) is 18.4. The quantitative estimate of drug-likeness (QED) is 0.299. The minimum atomic E-state index is -0.558. The maximum absolute atomic E-state index is 14.0. The van der Waals surface area contributed by atoms with Crippen molar-refractivity contribution in [3.8, 4) is 17.5 Å². The van der Waals surface area contributed by atoms with Crippen LogP contribution in [-0.2, 0) is 7.05 Å². The second-order valence-corrected chi connectivity index (χ2v) is 9.28. The van der Waals surface area contributed by atoms with Crippen molar-refractivity contribution in [2.45, 2.75) is 25.8 Å². The van der Waals surface area contributed by atoms with Gasteiger partial charge in [0, 0.05) is 36.1 Å². The number of amides is 1. The SMILES string of the molecule is C=C/C=N\c1c(C(=O)NC(C)c2cc3cccc(C#CC4CC4)c3c(=O)n2-c2ccccc2)c(N)nn1C. The predicted molar refractivity (Wildman–Crippen MR) is 151 cm³/mol. The standard InChI is InChI=1S/C30H28N6O2/c1-4-17-32-28-26(27(31)34-35(28)3)29(37)33-19(2)24-18-22-10-8-9-21(16-15-20-13-14-20)25(22)30(38)36(24)23-11-6-5-7-12-23/h4-12,17-20H,1,13-14H2,2-3H3,(H2,31,34)(H,33,37)/b32-17-. The zero-order chi connectivity index (χ0) is 26.8. The van der Waals surface area contributed by atoms with Crippen LogP contribution in [0.3, 0.4) is 0 Å². The molecule has 1 saturated carbocycles. The Labute approximate surface area is 220 Å². The van der Waals surface area contributed by atoms with Gasteiger partial charge in [0.05, 0.1) is 11.4 Å². The van der Waals surface area contributed by atoms with Gasteiger partial charge >= 0.3 is 0 Å². The fourth-order valence-corrected chi connectivity index (χ4v) is 4.42. The minimum absolute atomic E-state index is 0.0613. The Kier molecular flexibility index (Phi) is 6.67. The number of hydrogen-bond donors (Lipinski definition) is 2. The van der Waals surface area contributed by atoms with Crippen LogP contribution in [-0.4, -0.2) is 26.5 Å². The number of nitrogen functional groups attached to an aromatic ring is 1. The molecule has 4 aromatic rings. The zero-order valence-electron chi connectivity index (χ0n) is 21.3. The van der Waals surface area contributed by atoms with Gasteiger partial charge in [0.15, 0.2) is 11.6 Å². The van der Waals surface area contributed by atoms with Crippen molar-refractivity contribution in [3.63, 3.8) is 0 Å². The summed E-state index contributed by atoms with van der Waals surface area (Å²) >= 11 is 0. The molecule has 1 atom stereocenters. The Morgan fingerprint density at radius 2 is 2.00 bits per heavy atom. The van der Waals surface area contributed by atoms with Crippen molar-refractivity contribution in [3.05, 3.63) is 94.4 Å². The third kappa shape index (κ3) is 4.74. The number of nitrogens with one attached hydrogen (secondary N) is 1. The second kappa shape index (κ2) is 10.2. The Bertz CT molecular complexity index is 1700. The summed E-state index contributed by atoms with van der Waals surface area (Å²) in [4.78, 5) is 31.7. The van der Waals surface area contributed by atoms with Gasteiger partial charge < -0.3 is 11.1 Å². The molecule has 1 unspecified atom stereocenters. The molecule has 2 heterocycles. The van der Waals surface area contributed by atoms with Crippen molar-refractivity contribution in [1.82, 2.24) is 19.7 Å². The molecule has 0 aliphatic heterocycles. The number of aryl methyl sites for hydroxylation is 1. The van der Waals surface area contributed by atoms with E-state index < -0.39 is 11.9 Å². The van der Waals surface area contributed by atoms with Crippen LogP contribution >= 0.6 is 0 Å². The van der Waals surface area contributed by atoms with E-state index in [1.165, 1.54) is 17.0 Å². The second-order valence-electron chi connectivity index (χ2n) is 9.28. The molecule has 1 amide bonds. The van der Waals surface area contributed by atoms with Gasteiger partial charge in [-0.25, -0.2) is 9.67 Å². The number of para-hydroxylation sites is 1. The average Bonchev–Trinajstić information content (AvgIpc) is 3.69. The number of anilines is 1. The molecule has 38 heavy (non-hydrogen) atoms. The number of aromatic nitrogens is 3. The van der Waals surface area contributed by atoms with E-state index in [4.69, 9.17) is 5.73 Å². The van der Waals surface area contributed by atoms with E-state index in [9.17, 15) is 9.59 Å². The summed E-state index contributed by atoms with van der Waals surface area (Å²) in [5.41, 5.74) is 8.04. The van der Waals surface area contributed by atoms with Crippen LogP contribution in [0.2, 0.25) is 0 Å². The molecule has 3 N–H and O–H groups in total. The van der Waals surface area contributed by atoms with Gasteiger partial charge in [0.2, 0.25) is 0 Å². The van der Waals surface area contributed by atoms with E-state index in [0.717, 1.165) is 18.2 Å². The lowest BCUT2D eigenvalue weighted by Crippen LogP contribution is -2.32. The molecule has 0 saturated heterocycles. The summed E-state index contributed by atoms with van der Waals surface area (Å²) in [6.45, 7) is 5.45. The smallest absolute Gasteiger partial charge is 0.264 e. The summed E-state index contributed by atoms with van der Waals surface area (Å²) in [6.07, 6.45) is 5.19. The van der Waals surface area contributed by atoms with Crippen molar-refractivity contribution in [2.24, 2.45) is 18.0 Å². The first kappa shape index (κ1) is 24.8. The van der Waals surface area contributed by atoms with Crippen LogP contribution in [0, 0.1) is 17.8 Å². The molecule has 1 aliphatic carbocycles. The fraction of sp³-hybridized carbons (Fsp3) is 0.200. The first-order valence-corrected chi connectivity index (χ1v) is 12.4. The van der Waals surface area contributed by atoms with Crippen LogP contribution in [0.5, 0.6) is 0 Å². The van der Waals surface area contributed by atoms with Crippen molar-refractivity contribution in [2.75, 3.05) is 5.73 Å². The van der Waals surface area contributed by atoms with Crippen LogP contribution < -0.4 is 16.6 Å². The molecule has 2 aromatic heterocycles. The molecule has 8 heteroatoms. The predicted octanol–water partition coefficient (Wildman–Crippen LogP) is 4.45. The van der Waals surface area contributed by atoms with Gasteiger partial charge in [-0.15, -0.1) is 0 Å². The number of nitrogens with two attached hydrogens (primary N) is 1. The summed E-state index contributed by atoms with van der Waals surface area (Å²) in [6, 6.07) is 16.4. The highest BCUT2D eigenvalue weighted by atomic mass is 16.2. The molecule has 0 spiro atoms. The monoisotopic (exact) mass is 504 g/mol. The van der Waals surface area contributed by atoms with E-state index in [0.29, 0.717) is 34.1 Å². The van der Waals surface area contributed by atoms with Gasteiger partial charge in [-0.1, -0.05) is 54.8 Å². The van der Waals surface area contributed by atoms with Crippen LogP contribution in [0.1, 0.15) is 47.4 Å². The third-order valence-electron chi connectivity index (χ3n) is 6.44. The molecular weight excluding hydrogens is 476 g/mol. The molecule has 8 nitrogen and oxygen atoms in total. The Hall–Kier alpha value is -4.90. The highest BCUT2D eigenvalue weighted by Crippen LogP contribution is 2.29. The number of aliphatic imine (C=N–C) groups is 1. The number of hydrogen-bond acceptors (Lipinski definition) is 5. The number of carbonyl (C=O) groups excluding carboxylic acids is 1. The fourth-order valence-electron chi connectivity index (χ4n) is 4.42. The highest BCUT2D eigenvalue weighted by Gasteiger charge is 2.25. The number of allylic oxidation sites excluding steroid dienone is 1. The average molecular weight is 505 g/mol. The van der Waals surface area contributed by atoms with E-state index >= 15 is 0 Å². The highest BCUT2D eigenvalue weighted by molar-refractivity contribution is 6.03. The Morgan fingerprint density at radius 1 is 1.24 bits per heavy atom. The van der Waals surface area contributed by atoms with Crippen LogP contribution in [0.15, 0.2) is 77.0 Å². The van der Waals surface area contributed by atoms with Crippen molar-refractivity contribution >= 4 is 34.5 Å². The molecule has 2 aromatic carbocycles.